The van der Waals surface area contributed by atoms with E-state index in [9.17, 15) is 19.5 Å². The number of fused-ring (bicyclic) bond motifs is 4. The van der Waals surface area contributed by atoms with Crippen LogP contribution in [0.15, 0.2) is 84.4 Å². The Balaban J connectivity index is 1.52. The molecule has 2 aliphatic heterocycles. The van der Waals surface area contributed by atoms with Crippen molar-refractivity contribution in [3.8, 4) is 11.5 Å². The Morgan fingerprint density at radius 1 is 0.911 bits per heavy atom. The monoisotopic (exact) mass is 624 g/mol. The van der Waals surface area contributed by atoms with Crippen molar-refractivity contribution < 1.29 is 29.0 Å². The van der Waals surface area contributed by atoms with Gasteiger partial charge < -0.3 is 9.84 Å². The van der Waals surface area contributed by atoms with Crippen molar-refractivity contribution in [2.75, 3.05) is 18.1 Å². The molecular formula is C36H33ClN2O6. The molecule has 0 unspecified atom stereocenters. The smallest absolute Gasteiger partial charge is 0.246 e. The minimum absolute atomic E-state index is 0.118. The number of nitrogens with zero attached hydrogens (tertiary/aromatic N) is 2. The van der Waals surface area contributed by atoms with E-state index in [-0.39, 0.29) is 36.3 Å². The summed E-state index contributed by atoms with van der Waals surface area (Å²) < 4.78 is 5.78. The molecule has 8 nitrogen and oxygen atoms in total. The number of hydrogen-bond donors (Lipinski definition) is 1. The van der Waals surface area contributed by atoms with Crippen LogP contribution in [0.2, 0.25) is 5.02 Å². The van der Waals surface area contributed by atoms with Gasteiger partial charge in [-0.25, -0.2) is 4.90 Å². The number of likely N-dealkylation sites (tertiary alicyclic amines) is 1. The fourth-order valence-electron chi connectivity index (χ4n) is 8.51. The Hall–Kier alpha value is -4.43. The molecule has 230 valence electrons. The summed E-state index contributed by atoms with van der Waals surface area (Å²) in [5.41, 5.74) is 0.742. The minimum Gasteiger partial charge on any atom is -0.504 e. The van der Waals surface area contributed by atoms with Gasteiger partial charge in [0.05, 0.1) is 35.5 Å². The second-order valence-electron chi connectivity index (χ2n) is 12.1. The zero-order chi connectivity index (χ0) is 31.6. The quantitative estimate of drug-likeness (QED) is 0.282. The Morgan fingerprint density at radius 2 is 1.67 bits per heavy atom. The molecule has 3 fully saturated rings. The SMILES string of the molecule is CCOc1cccc([C@H]2C3=CC[C@@H]4C(=O)N(CC)C(=O)[C@@H]4[C@@H]3C[C@H]3C(=O)N(c4cccc(Cl)c4)C(=O)[C@@]23c2ccccc2)c1O. The second kappa shape index (κ2) is 10.9. The number of benzene rings is 3. The summed E-state index contributed by atoms with van der Waals surface area (Å²) in [4.78, 5) is 59.6. The van der Waals surface area contributed by atoms with Crippen LogP contribution in [0.4, 0.5) is 5.69 Å². The summed E-state index contributed by atoms with van der Waals surface area (Å²) in [6, 6.07) is 21.1. The van der Waals surface area contributed by atoms with E-state index in [0.29, 0.717) is 34.9 Å². The number of carbonyl (C=O) groups excluding carboxylic acids is 4. The van der Waals surface area contributed by atoms with E-state index >= 15 is 4.79 Å². The van der Waals surface area contributed by atoms with Crippen molar-refractivity contribution in [2.45, 2.75) is 38.0 Å². The first-order valence-corrected chi connectivity index (χ1v) is 15.8. The van der Waals surface area contributed by atoms with Gasteiger partial charge in [0, 0.05) is 23.0 Å². The van der Waals surface area contributed by atoms with Crippen molar-refractivity contribution in [1.29, 1.82) is 0 Å². The molecule has 2 saturated heterocycles. The molecule has 3 aromatic carbocycles. The highest BCUT2D eigenvalue weighted by Gasteiger charge is 2.70. The highest BCUT2D eigenvalue weighted by molar-refractivity contribution is 6.32. The predicted molar refractivity (Wildman–Crippen MR) is 168 cm³/mol. The molecule has 1 saturated carbocycles. The third kappa shape index (κ3) is 4.04. The molecule has 0 radical (unpaired) electrons. The van der Waals surface area contributed by atoms with E-state index in [1.165, 1.54) is 9.80 Å². The third-order valence-corrected chi connectivity index (χ3v) is 10.5. The molecule has 3 aromatic rings. The highest BCUT2D eigenvalue weighted by Crippen LogP contribution is 2.65. The standard InChI is InChI=1S/C36H33ClN2O6/c1-3-38-32(41)24-17-16-23-26(29(24)34(38)43)19-27-33(42)39(22-13-8-12-21(37)18-22)35(44)36(27,20-10-6-5-7-11-20)30(23)25-14-9-15-28(31(25)40)45-4-2/h5-16,18,24,26-27,29-30,40H,3-4,17,19H2,1-2H3/t24-,26+,27-,29-,30+,36+/m0/s1. The van der Waals surface area contributed by atoms with E-state index in [1.54, 1.807) is 49.4 Å². The van der Waals surface area contributed by atoms with Crippen molar-refractivity contribution in [2.24, 2.45) is 23.7 Å². The van der Waals surface area contributed by atoms with Crippen LogP contribution >= 0.6 is 11.6 Å². The van der Waals surface area contributed by atoms with Crippen molar-refractivity contribution in [1.82, 2.24) is 4.90 Å². The van der Waals surface area contributed by atoms with Crippen LogP contribution in [-0.2, 0) is 24.6 Å². The zero-order valence-electron chi connectivity index (χ0n) is 25.0. The summed E-state index contributed by atoms with van der Waals surface area (Å²) in [5, 5.41) is 12.1. The maximum Gasteiger partial charge on any atom is 0.246 e. The van der Waals surface area contributed by atoms with Gasteiger partial charge in [-0.1, -0.05) is 71.8 Å². The lowest BCUT2D eigenvalue weighted by atomic mass is 9.49. The molecule has 45 heavy (non-hydrogen) atoms. The predicted octanol–water partition coefficient (Wildman–Crippen LogP) is 5.63. The van der Waals surface area contributed by atoms with Gasteiger partial charge in [-0.2, -0.15) is 0 Å². The van der Waals surface area contributed by atoms with Gasteiger partial charge in [-0.15, -0.1) is 0 Å². The van der Waals surface area contributed by atoms with Crippen molar-refractivity contribution >= 4 is 40.9 Å². The van der Waals surface area contributed by atoms with Crippen LogP contribution < -0.4 is 9.64 Å². The van der Waals surface area contributed by atoms with Gasteiger partial charge >= 0.3 is 0 Å². The number of aromatic hydroxyl groups is 1. The number of allylic oxidation sites excluding steroid dienone is 2. The molecule has 0 aromatic heterocycles. The fraction of sp³-hybridized carbons (Fsp3) is 0.333. The molecule has 4 aliphatic rings. The topological polar surface area (TPSA) is 104 Å². The number of amides is 4. The molecule has 4 amide bonds. The van der Waals surface area contributed by atoms with Crippen LogP contribution in [0.5, 0.6) is 11.5 Å². The molecule has 2 heterocycles. The Morgan fingerprint density at radius 3 is 2.38 bits per heavy atom. The Bertz CT molecular complexity index is 1770. The number of carbonyl (C=O) groups is 4. The number of hydrogen-bond acceptors (Lipinski definition) is 6. The molecule has 2 aliphatic carbocycles. The molecule has 1 N–H and O–H groups in total. The van der Waals surface area contributed by atoms with Crippen LogP contribution in [0.3, 0.4) is 0 Å². The molecule has 0 spiro atoms. The van der Waals surface area contributed by atoms with E-state index < -0.39 is 46.8 Å². The first kappa shape index (κ1) is 29.3. The average molecular weight is 625 g/mol. The fourth-order valence-corrected chi connectivity index (χ4v) is 8.69. The van der Waals surface area contributed by atoms with Crippen molar-refractivity contribution in [3.05, 3.63) is 101 Å². The molecule has 9 heteroatoms. The molecule has 6 atom stereocenters. The normalized spacial score (nSPS) is 29.0. The van der Waals surface area contributed by atoms with Gasteiger partial charge in [0.25, 0.3) is 0 Å². The second-order valence-corrected chi connectivity index (χ2v) is 12.6. The molecule has 0 bridgehead atoms. The maximum absolute atomic E-state index is 15.2. The van der Waals surface area contributed by atoms with Gasteiger partial charge in [0.1, 0.15) is 0 Å². The van der Waals surface area contributed by atoms with Crippen LogP contribution in [0.1, 0.15) is 43.7 Å². The van der Waals surface area contributed by atoms with Gasteiger partial charge in [0.15, 0.2) is 11.5 Å². The lowest BCUT2D eigenvalue weighted by Gasteiger charge is -2.50. The summed E-state index contributed by atoms with van der Waals surface area (Å²) >= 11 is 6.35. The van der Waals surface area contributed by atoms with E-state index in [2.05, 4.69) is 0 Å². The summed E-state index contributed by atoms with van der Waals surface area (Å²) in [6.07, 6.45) is 2.51. The van der Waals surface area contributed by atoms with Gasteiger partial charge in [0.2, 0.25) is 23.6 Å². The zero-order valence-corrected chi connectivity index (χ0v) is 25.7. The van der Waals surface area contributed by atoms with Crippen LogP contribution in [0, 0.1) is 23.7 Å². The van der Waals surface area contributed by atoms with Gasteiger partial charge in [-0.3, -0.25) is 24.1 Å². The number of halogens is 1. The number of rotatable bonds is 6. The van der Waals surface area contributed by atoms with E-state index in [1.807, 2.05) is 43.3 Å². The molecular weight excluding hydrogens is 592 g/mol. The maximum atomic E-state index is 15.2. The lowest BCUT2D eigenvalue weighted by Crippen LogP contribution is -2.53. The number of phenols is 1. The van der Waals surface area contributed by atoms with Crippen LogP contribution in [-0.4, -0.2) is 46.8 Å². The first-order valence-electron chi connectivity index (χ1n) is 15.4. The molecule has 7 rings (SSSR count). The number of phenolic OH excluding ortho intramolecular Hbond substituents is 1. The largest absolute Gasteiger partial charge is 0.504 e. The third-order valence-electron chi connectivity index (χ3n) is 10.2. The Labute approximate surface area is 266 Å². The number of para-hydroxylation sites is 1. The van der Waals surface area contributed by atoms with E-state index in [4.69, 9.17) is 16.3 Å². The summed E-state index contributed by atoms with van der Waals surface area (Å²) in [5.74, 6) is -4.54. The van der Waals surface area contributed by atoms with Gasteiger partial charge in [-0.05, 0) is 62.4 Å². The summed E-state index contributed by atoms with van der Waals surface area (Å²) in [6.45, 7) is 4.18. The Kier molecular flexibility index (Phi) is 7.08. The number of anilines is 1. The lowest BCUT2D eigenvalue weighted by molar-refractivity contribution is -0.140. The number of ether oxygens (including phenoxy) is 1. The average Bonchev–Trinajstić information content (AvgIpc) is 3.43. The van der Waals surface area contributed by atoms with Crippen LogP contribution in [0.25, 0.3) is 0 Å². The van der Waals surface area contributed by atoms with E-state index in [0.717, 1.165) is 5.57 Å². The van der Waals surface area contributed by atoms with Crippen molar-refractivity contribution in [3.63, 3.8) is 0 Å². The first-order chi connectivity index (χ1) is 21.7. The number of imide groups is 2. The minimum atomic E-state index is -1.46. The highest BCUT2D eigenvalue weighted by atomic mass is 35.5. The summed E-state index contributed by atoms with van der Waals surface area (Å²) in [7, 11) is 0.